The molecule has 9 rings (SSSR count). The largest absolute Gasteiger partial charge is 0.748 e. The molecule has 0 aliphatic heterocycles. The molecule has 4 aliphatic rings. The number of hydrogen-bond acceptors (Lipinski definition) is 0. The van der Waals surface area contributed by atoms with Crippen molar-refractivity contribution in [3.63, 3.8) is 0 Å². The minimum atomic E-state index is -0.639. The summed E-state index contributed by atoms with van der Waals surface area (Å²) in [5.74, 6) is 4.15. The summed E-state index contributed by atoms with van der Waals surface area (Å²) < 4.78 is 0. The van der Waals surface area contributed by atoms with Gasteiger partial charge in [-0.2, -0.15) is 12.1 Å². The molecule has 4 saturated carbocycles. The molecular formula is C44H48FeP2-6. The van der Waals surface area contributed by atoms with Crippen LogP contribution in [0.3, 0.4) is 0 Å². The molecule has 4 fully saturated rings. The van der Waals surface area contributed by atoms with Crippen molar-refractivity contribution in [2.45, 2.75) is 75.3 Å². The van der Waals surface area contributed by atoms with Crippen LogP contribution in [0, 0.1) is 23.7 Å². The van der Waals surface area contributed by atoms with Crippen molar-refractivity contribution in [1.82, 2.24) is 0 Å². The fourth-order valence-electron chi connectivity index (χ4n) is 9.98. The van der Waals surface area contributed by atoms with Gasteiger partial charge in [0.2, 0.25) is 0 Å². The molecule has 0 nitrogen and oxygen atoms in total. The normalized spacial score (nSPS) is 26.9. The van der Waals surface area contributed by atoms with Crippen LogP contribution < -0.4 is 15.9 Å². The molecule has 0 spiro atoms. The van der Waals surface area contributed by atoms with Gasteiger partial charge in [-0.25, -0.2) is 0 Å². The zero-order chi connectivity index (χ0) is 30.9. The van der Waals surface area contributed by atoms with Crippen molar-refractivity contribution in [3.8, 4) is 11.1 Å². The molecule has 0 saturated heterocycles. The third kappa shape index (κ3) is 6.82. The average molecular weight is 695 g/mol. The predicted molar refractivity (Wildman–Crippen MR) is 202 cm³/mol. The van der Waals surface area contributed by atoms with Gasteiger partial charge in [-0.05, 0) is 103 Å². The average Bonchev–Trinajstić information content (AvgIpc) is 3.97. The van der Waals surface area contributed by atoms with E-state index in [4.69, 9.17) is 0 Å². The van der Waals surface area contributed by atoms with Gasteiger partial charge in [0.25, 0.3) is 0 Å². The number of hydrogen-bond donors (Lipinski definition) is 0. The summed E-state index contributed by atoms with van der Waals surface area (Å²) in [6.07, 6.45) is 12.3. The maximum atomic E-state index is 2.67. The second-order valence-corrected chi connectivity index (χ2v) is 19.7. The third-order valence-electron chi connectivity index (χ3n) is 11.9. The Hall–Kier alpha value is -2.26. The minimum absolute atomic E-state index is 0. The van der Waals surface area contributed by atoms with Gasteiger partial charge < -0.3 is 30.3 Å². The Bertz CT molecular complexity index is 1590. The van der Waals surface area contributed by atoms with Crippen molar-refractivity contribution in [2.75, 3.05) is 0 Å². The topological polar surface area (TPSA) is 0 Å². The SMILES string of the molecule is C[C@H]([c-]1cccc1-c1ccccc1P(c1ccccc1)c1ccccc1)P(C1CC2CCC1C2)C1CC2CCC1C2.[Fe].[cH-]1[cH-][cH-][cH-][cH-]1. The molecule has 4 bridgehead atoms. The monoisotopic (exact) mass is 694 g/mol. The summed E-state index contributed by atoms with van der Waals surface area (Å²) >= 11 is 0. The minimum Gasteiger partial charge on any atom is -0.748 e. The van der Waals surface area contributed by atoms with Crippen LogP contribution in [0.25, 0.3) is 11.1 Å². The maximum absolute atomic E-state index is 2.67. The van der Waals surface area contributed by atoms with E-state index in [2.05, 4.69) is 110 Å². The molecule has 0 heterocycles. The van der Waals surface area contributed by atoms with E-state index >= 15 is 0 Å². The quantitative estimate of drug-likeness (QED) is 0.0862. The summed E-state index contributed by atoms with van der Waals surface area (Å²) in [6.45, 7) is 2.67. The van der Waals surface area contributed by atoms with E-state index in [1.807, 2.05) is 30.3 Å². The van der Waals surface area contributed by atoms with Gasteiger partial charge in [0.1, 0.15) is 0 Å². The van der Waals surface area contributed by atoms with E-state index in [9.17, 15) is 0 Å². The fraction of sp³-hybridized carbons (Fsp3) is 0.364. The van der Waals surface area contributed by atoms with Crippen LogP contribution in [0.1, 0.15) is 69.5 Å². The van der Waals surface area contributed by atoms with Crippen LogP contribution in [0.15, 0.2) is 133 Å². The molecular weight excluding hydrogens is 646 g/mol. The summed E-state index contributed by atoms with van der Waals surface area (Å²) in [7, 11) is -0.657. The van der Waals surface area contributed by atoms with Gasteiger partial charge >= 0.3 is 0 Å². The van der Waals surface area contributed by atoms with E-state index in [1.165, 1.54) is 52.7 Å². The van der Waals surface area contributed by atoms with Gasteiger partial charge in [0.15, 0.2) is 0 Å². The van der Waals surface area contributed by atoms with Crippen molar-refractivity contribution in [1.29, 1.82) is 0 Å². The Labute approximate surface area is 296 Å². The fourth-order valence-corrected chi connectivity index (χ4v) is 17.2. The third-order valence-corrected chi connectivity index (χ3v) is 18.4. The van der Waals surface area contributed by atoms with E-state index < -0.39 is 7.92 Å². The van der Waals surface area contributed by atoms with Gasteiger partial charge in [-0.15, -0.1) is 25.1 Å². The zero-order valence-corrected chi connectivity index (χ0v) is 30.5. The van der Waals surface area contributed by atoms with E-state index in [1.54, 1.807) is 31.2 Å². The Morgan fingerprint density at radius 1 is 0.596 bits per heavy atom. The summed E-state index contributed by atoms with van der Waals surface area (Å²) in [6, 6.07) is 49.3. The van der Waals surface area contributed by atoms with Crippen LogP contribution in [0.4, 0.5) is 0 Å². The van der Waals surface area contributed by atoms with Crippen LogP contribution in [0.5, 0.6) is 0 Å². The molecule has 5 aromatic rings. The first kappa shape index (κ1) is 33.2. The summed E-state index contributed by atoms with van der Waals surface area (Å²) in [4.78, 5) is 0. The van der Waals surface area contributed by atoms with Gasteiger partial charge in [0.05, 0.1) is 0 Å². The smallest absolute Gasteiger partial charge is 0 e. The Kier molecular flexibility index (Phi) is 10.7. The first-order chi connectivity index (χ1) is 22.7. The Morgan fingerprint density at radius 3 is 1.60 bits per heavy atom. The Balaban J connectivity index is 0.000000538. The number of fused-ring (bicyclic) bond motifs is 4. The van der Waals surface area contributed by atoms with E-state index in [0.717, 1.165) is 35.0 Å². The summed E-state index contributed by atoms with van der Waals surface area (Å²) in [5, 5.41) is 4.38. The van der Waals surface area contributed by atoms with Crippen LogP contribution in [0.2, 0.25) is 0 Å². The zero-order valence-electron chi connectivity index (χ0n) is 27.6. The standard InChI is InChI=1S/C39H43P2.C5H5.Fe/c1-27(40(38-25-28-19-21-30(38)23-28)39-26-29-20-22-31(39)24-29)34-16-10-17-35(34)36-15-8-9-18-37(36)41(32-11-4-2-5-12-32)33-13-6-3-7-14-33;1-2-4-5-3-1;/h2-18,27-31,38-39H,19-26H2,1H3;1-5H;/q-1;-5;/t27-,28?,29?,30?,31?,38?,39?,40?;;/m1../s1. The molecule has 47 heavy (non-hydrogen) atoms. The van der Waals surface area contributed by atoms with Crippen molar-refractivity contribution in [3.05, 3.63) is 139 Å². The molecule has 0 aromatic heterocycles. The maximum Gasteiger partial charge on any atom is 0 e. The molecule has 7 atom stereocenters. The van der Waals surface area contributed by atoms with Gasteiger partial charge in [-0.1, -0.05) is 110 Å². The first-order valence-electron chi connectivity index (χ1n) is 17.9. The second kappa shape index (κ2) is 15.1. The molecule has 6 unspecified atom stereocenters. The van der Waals surface area contributed by atoms with Crippen molar-refractivity contribution < 1.29 is 17.1 Å². The summed E-state index contributed by atoms with van der Waals surface area (Å²) in [5.41, 5.74) is 7.38. The van der Waals surface area contributed by atoms with Crippen LogP contribution in [-0.4, -0.2) is 11.3 Å². The Morgan fingerprint density at radius 2 is 1.11 bits per heavy atom. The molecule has 4 aliphatic carbocycles. The molecule has 5 aromatic carbocycles. The van der Waals surface area contributed by atoms with Crippen molar-refractivity contribution >= 4 is 31.8 Å². The van der Waals surface area contributed by atoms with E-state index in [0.29, 0.717) is 5.66 Å². The predicted octanol–water partition coefficient (Wildman–Crippen LogP) is 11.2. The molecule has 0 N–H and O–H groups in total. The van der Waals surface area contributed by atoms with Gasteiger partial charge in [0, 0.05) is 17.1 Å². The van der Waals surface area contributed by atoms with Crippen LogP contribution in [-0.2, 0) is 17.1 Å². The van der Waals surface area contributed by atoms with Gasteiger partial charge in [-0.3, -0.25) is 0 Å². The molecule has 248 valence electrons. The first-order valence-corrected chi connectivity index (χ1v) is 20.8. The van der Waals surface area contributed by atoms with E-state index in [-0.39, 0.29) is 25.0 Å². The molecule has 0 radical (unpaired) electrons. The number of rotatable bonds is 8. The molecule has 3 heteroatoms. The van der Waals surface area contributed by atoms with Crippen molar-refractivity contribution in [2.24, 2.45) is 23.7 Å². The van der Waals surface area contributed by atoms with Crippen LogP contribution >= 0.6 is 15.8 Å². The second-order valence-electron chi connectivity index (χ2n) is 14.5. The number of benzene rings is 3. The molecule has 0 amide bonds.